The molecule has 0 saturated carbocycles. The van der Waals surface area contributed by atoms with Crippen molar-refractivity contribution < 1.29 is 18.9 Å². The minimum atomic E-state index is -1.06. The molecule has 1 N–H and O–H groups in total. The maximum Gasteiger partial charge on any atom is 0.248 e. The number of methoxy groups -OCH3 is 4. The SMILES string of the molecule is COC1(OC)C=C2CCNCC2=CC1(OC)OC. The second kappa shape index (κ2) is 5.11. The van der Waals surface area contributed by atoms with E-state index in [2.05, 4.69) is 5.32 Å². The molecule has 5 nitrogen and oxygen atoms in total. The molecule has 0 amide bonds. The molecule has 0 spiro atoms. The summed E-state index contributed by atoms with van der Waals surface area (Å²) in [6.45, 7) is 1.77. The summed E-state index contributed by atoms with van der Waals surface area (Å²) < 4.78 is 22.2. The highest BCUT2D eigenvalue weighted by Gasteiger charge is 2.54. The van der Waals surface area contributed by atoms with Gasteiger partial charge in [-0.3, -0.25) is 0 Å². The summed E-state index contributed by atoms with van der Waals surface area (Å²) in [6.07, 6.45) is 4.86. The molecule has 1 fully saturated rings. The molecule has 0 atom stereocenters. The molecule has 2 aliphatic rings. The fraction of sp³-hybridized carbons (Fsp3) is 0.692. The molecule has 0 aromatic heterocycles. The Hall–Kier alpha value is -0.720. The van der Waals surface area contributed by atoms with Gasteiger partial charge >= 0.3 is 0 Å². The molecule has 0 radical (unpaired) electrons. The molecule has 2 rings (SSSR count). The van der Waals surface area contributed by atoms with Crippen molar-refractivity contribution in [3.63, 3.8) is 0 Å². The molecular formula is C13H21NO4. The lowest BCUT2D eigenvalue weighted by Gasteiger charge is -2.46. The van der Waals surface area contributed by atoms with Crippen LogP contribution in [0.4, 0.5) is 0 Å². The monoisotopic (exact) mass is 255 g/mol. The van der Waals surface area contributed by atoms with Crippen LogP contribution >= 0.6 is 0 Å². The highest BCUT2D eigenvalue weighted by Crippen LogP contribution is 2.41. The van der Waals surface area contributed by atoms with E-state index in [0.717, 1.165) is 19.5 Å². The highest BCUT2D eigenvalue weighted by atomic mass is 16.8. The van der Waals surface area contributed by atoms with Gasteiger partial charge in [-0.1, -0.05) is 0 Å². The Morgan fingerprint density at radius 3 is 1.89 bits per heavy atom. The zero-order chi connectivity index (χ0) is 13.2. The van der Waals surface area contributed by atoms with Crippen molar-refractivity contribution in [2.75, 3.05) is 41.5 Å². The van der Waals surface area contributed by atoms with Gasteiger partial charge in [-0.15, -0.1) is 0 Å². The summed E-state index contributed by atoms with van der Waals surface area (Å²) in [5, 5.41) is 3.33. The van der Waals surface area contributed by atoms with Gasteiger partial charge in [0.25, 0.3) is 0 Å². The fourth-order valence-corrected chi connectivity index (χ4v) is 2.66. The number of nitrogens with one attached hydrogen (secondary N) is 1. The van der Waals surface area contributed by atoms with Crippen LogP contribution in [0.1, 0.15) is 6.42 Å². The lowest BCUT2D eigenvalue weighted by Crippen LogP contribution is -2.59. The van der Waals surface area contributed by atoms with Crippen molar-refractivity contribution in [1.29, 1.82) is 0 Å². The van der Waals surface area contributed by atoms with Crippen LogP contribution in [0.2, 0.25) is 0 Å². The zero-order valence-corrected chi connectivity index (χ0v) is 11.4. The summed E-state index contributed by atoms with van der Waals surface area (Å²) in [7, 11) is 6.35. The molecule has 1 heterocycles. The number of ether oxygens (including phenoxy) is 4. The van der Waals surface area contributed by atoms with E-state index >= 15 is 0 Å². The number of rotatable bonds is 4. The second-order valence-corrected chi connectivity index (χ2v) is 4.42. The molecule has 0 aromatic carbocycles. The summed E-state index contributed by atoms with van der Waals surface area (Å²) in [5.41, 5.74) is 2.40. The minimum Gasteiger partial charge on any atom is -0.345 e. The predicted molar refractivity (Wildman–Crippen MR) is 67.2 cm³/mol. The summed E-state index contributed by atoms with van der Waals surface area (Å²) in [6, 6.07) is 0. The number of piperidine rings is 1. The first-order valence-electron chi connectivity index (χ1n) is 6.02. The van der Waals surface area contributed by atoms with Gasteiger partial charge in [0.15, 0.2) is 0 Å². The van der Waals surface area contributed by atoms with E-state index in [1.165, 1.54) is 11.1 Å². The van der Waals surface area contributed by atoms with Crippen LogP contribution in [-0.2, 0) is 18.9 Å². The molecule has 0 aromatic rings. The molecule has 1 aliphatic carbocycles. The van der Waals surface area contributed by atoms with Gasteiger partial charge in [0.1, 0.15) is 0 Å². The smallest absolute Gasteiger partial charge is 0.248 e. The van der Waals surface area contributed by atoms with Crippen molar-refractivity contribution in [1.82, 2.24) is 5.32 Å². The Bertz CT molecular complexity index is 331. The first-order valence-corrected chi connectivity index (χ1v) is 6.02. The highest BCUT2D eigenvalue weighted by molar-refractivity contribution is 5.43. The Morgan fingerprint density at radius 2 is 1.39 bits per heavy atom. The maximum absolute atomic E-state index is 5.56. The van der Waals surface area contributed by atoms with E-state index in [4.69, 9.17) is 18.9 Å². The van der Waals surface area contributed by atoms with E-state index in [1.807, 2.05) is 12.2 Å². The van der Waals surface area contributed by atoms with Gasteiger partial charge in [-0.2, -0.15) is 0 Å². The molecule has 1 aliphatic heterocycles. The van der Waals surface area contributed by atoms with Gasteiger partial charge in [0, 0.05) is 35.0 Å². The normalized spacial score (nSPS) is 25.1. The number of hydrogen-bond acceptors (Lipinski definition) is 5. The van der Waals surface area contributed by atoms with Crippen molar-refractivity contribution in [2.45, 2.75) is 18.0 Å². The molecule has 5 heteroatoms. The summed E-state index contributed by atoms with van der Waals surface area (Å²) >= 11 is 0. The van der Waals surface area contributed by atoms with Gasteiger partial charge in [-0.05, 0) is 36.3 Å². The van der Waals surface area contributed by atoms with Gasteiger partial charge < -0.3 is 24.3 Å². The molecule has 18 heavy (non-hydrogen) atoms. The summed E-state index contributed by atoms with van der Waals surface area (Å²) in [5.74, 6) is -2.11. The van der Waals surface area contributed by atoms with Crippen LogP contribution < -0.4 is 5.32 Å². The van der Waals surface area contributed by atoms with Crippen molar-refractivity contribution >= 4 is 0 Å². The van der Waals surface area contributed by atoms with Crippen LogP contribution in [0.25, 0.3) is 0 Å². The topological polar surface area (TPSA) is 49.0 Å². The van der Waals surface area contributed by atoms with Crippen molar-refractivity contribution in [3.8, 4) is 0 Å². The maximum atomic E-state index is 5.56. The van der Waals surface area contributed by atoms with E-state index in [-0.39, 0.29) is 0 Å². The average Bonchev–Trinajstić information content (AvgIpc) is 2.45. The summed E-state index contributed by atoms with van der Waals surface area (Å²) in [4.78, 5) is 0. The van der Waals surface area contributed by atoms with E-state index in [1.54, 1.807) is 28.4 Å². The van der Waals surface area contributed by atoms with Crippen LogP contribution in [0, 0.1) is 0 Å². The standard InChI is InChI=1S/C13H21NO4/c1-15-12(16-2)7-10-5-6-14-9-11(10)8-13(12,17-3)18-4/h7-8,14H,5-6,9H2,1-4H3. The molecule has 0 bridgehead atoms. The predicted octanol–water partition coefficient (Wildman–Crippen LogP) is 0.824. The van der Waals surface area contributed by atoms with Gasteiger partial charge in [0.2, 0.25) is 11.6 Å². The molecule has 102 valence electrons. The Kier molecular flexibility index (Phi) is 3.89. The van der Waals surface area contributed by atoms with E-state index in [0.29, 0.717) is 0 Å². The van der Waals surface area contributed by atoms with E-state index in [9.17, 15) is 0 Å². The lowest BCUT2D eigenvalue weighted by atomic mass is 9.85. The quantitative estimate of drug-likeness (QED) is 0.754. The Morgan fingerprint density at radius 1 is 0.889 bits per heavy atom. The third-order valence-electron chi connectivity index (χ3n) is 3.73. The van der Waals surface area contributed by atoms with Crippen molar-refractivity contribution in [3.05, 3.63) is 23.3 Å². The first kappa shape index (κ1) is 13.7. The zero-order valence-electron chi connectivity index (χ0n) is 11.4. The van der Waals surface area contributed by atoms with Crippen LogP contribution in [-0.4, -0.2) is 53.1 Å². The minimum absolute atomic E-state index is 0.809. The van der Waals surface area contributed by atoms with Crippen molar-refractivity contribution in [2.24, 2.45) is 0 Å². The van der Waals surface area contributed by atoms with Crippen LogP contribution in [0.15, 0.2) is 23.3 Å². The molecule has 1 saturated heterocycles. The van der Waals surface area contributed by atoms with Crippen LogP contribution in [0.5, 0.6) is 0 Å². The fourth-order valence-electron chi connectivity index (χ4n) is 2.66. The van der Waals surface area contributed by atoms with Crippen LogP contribution in [0.3, 0.4) is 0 Å². The van der Waals surface area contributed by atoms with Gasteiger partial charge in [-0.25, -0.2) is 0 Å². The third kappa shape index (κ3) is 1.83. The molecule has 0 unspecified atom stereocenters. The van der Waals surface area contributed by atoms with E-state index < -0.39 is 11.6 Å². The number of hydrogen-bond donors (Lipinski definition) is 1. The molecular weight excluding hydrogens is 234 g/mol. The second-order valence-electron chi connectivity index (χ2n) is 4.42. The van der Waals surface area contributed by atoms with Gasteiger partial charge in [0.05, 0.1) is 0 Å². The lowest BCUT2D eigenvalue weighted by molar-refractivity contribution is -0.345. The third-order valence-corrected chi connectivity index (χ3v) is 3.73. The average molecular weight is 255 g/mol. The Balaban J connectivity index is 2.50. The number of fused-ring (bicyclic) bond motifs is 1. The largest absolute Gasteiger partial charge is 0.345 e. The Labute approximate surface area is 108 Å². The first-order chi connectivity index (χ1) is 8.67.